The Balaban J connectivity index is 2.29. The summed E-state index contributed by atoms with van der Waals surface area (Å²) in [6.07, 6.45) is 1.22. The highest BCUT2D eigenvalue weighted by atomic mass is 32.2. The number of esters is 1. The molecule has 12 heavy (non-hydrogen) atoms. The van der Waals surface area contributed by atoms with Crippen molar-refractivity contribution in [3.05, 3.63) is 0 Å². The molecular formula is C8H14O3S. The molecule has 1 heterocycles. The highest BCUT2D eigenvalue weighted by Crippen LogP contribution is 2.26. The number of hydrogen-bond donors (Lipinski definition) is 1. The van der Waals surface area contributed by atoms with Crippen LogP contribution in [0.2, 0.25) is 0 Å². The Morgan fingerprint density at radius 3 is 2.92 bits per heavy atom. The van der Waals surface area contributed by atoms with E-state index in [9.17, 15) is 4.79 Å². The van der Waals surface area contributed by atoms with Crippen LogP contribution in [0.15, 0.2) is 0 Å². The lowest BCUT2D eigenvalue weighted by molar-refractivity contribution is -0.142. The zero-order chi connectivity index (χ0) is 8.97. The van der Waals surface area contributed by atoms with Gasteiger partial charge in [0.1, 0.15) is 5.25 Å². The summed E-state index contributed by atoms with van der Waals surface area (Å²) >= 11 is 1.49. The lowest BCUT2D eigenvalue weighted by Gasteiger charge is -2.23. The van der Waals surface area contributed by atoms with E-state index in [-0.39, 0.29) is 17.3 Å². The van der Waals surface area contributed by atoms with Gasteiger partial charge in [-0.3, -0.25) is 4.79 Å². The normalized spacial score (nSPS) is 29.8. The van der Waals surface area contributed by atoms with Crippen LogP contribution in [0.4, 0.5) is 0 Å². The quantitative estimate of drug-likeness (QED) is 0.654. The van der Waals surface area contributed by atoms with Crippen molar-refractivity contribution < 1.29 is 14.6 Å². The third-order valence-corrected chi connectivity index (χ3v) is 3.21. The van der Waals surface area contributed by atoms with Crippen LogP contribution >= 0.6 is 11.8 Å². The summed E-state index contributed by atoms with van der Waals surface area (Å²) in [4.78, 5) is 11.2. The topological polar surface area (TPSA) is 46.5 Å². The molecule has 3 nitrogen and oxygen atoms in total. The predicted molar refractivity (Wildman–Crippen MR) is 48.1 cm³/mol. The van der Waals surface area contributed by atoms with E-state index in [1.165, 1.54) is 11.8 Å². The molecule has 70 valence electrons. The van der Waals surface area contributed by atoms with E-state index in [0.29, 0.717) is 12.4 Å². The van der Waals surface area contributed by atoms with Crippen molar-refractivity contribution in [3.63, 3.8) is 0 Å². The van der Waals surface area contributed by atoms with Gasteiger partial charge in [0.2, 0.25) is 0 Å². The number of aliphatic hydroxyl groups excluding tert-OH is 1. The molecule has 0 aliphatic carbocycles. The van der Waals surface area contributed by atoms with E-state index < -0.39 is 0 Å². The first kappa shape index (κ1) is 9.86. The van der Waals surface area contributed by atoms with Crippen molar-refractivity contribution in [1.29, 1.82) is 0 Å². The van der Waals surface area contributed by atoms with Gasteiger partial charge in [-0.2, -0.15) is 0 Å². The van der Waals surface area contributed by atoms with Crippen LogP contribution in [0.25, 0.3) is 0 Å². The fourth-order valence-electron chi connectivity index (χ4n) is 1.16. The fraction of sp³-hybridized carbons (Fsp3) is 0.875. The maximum atomic E-state index is 11.2. The Morgan fingerprint density at radius 1 is 1.67 bits per heavy atom. The van der Waals surface area contributed by atoms with E-state index in [4.69, 9.17) is 9.84 Å². The van der Waals surface area contributed by atoms with Crippen LogP contribution in [0, 0.1) is 0 Å². The molecule has 1 fully saturated rings. The molecule has 2 atom stereocenters. The molecule has 0 amide bonds. The van der Waals surface area contributed by atoms with Gasteiger partial charge in [0.05, 0.1) is 12.7 Å². The first-order chi connectivity index (χ1) is 5.74. The molecular weight excluding hydrogens is 176 g/mol. The largest absolute Gasteiger partial charge is 0.465 e. The van der Waals surface area contributed by atoms with Crippen LogP contribution in [0.5, 0.6) is 0 Å². The average molecular weight is 190 g/mol. The number of rotatable bonds is 2. The maximum Gasteiger partial charge on any atom is 0.319 e. The average Bonchev–Trinajstić information content (AvgIpc) is 2.06. The third kappa shape index (κ3) is 2.68. The second-order valence-electron chi connectivity index (χ2n) is 2.81. The number of carbonyl (C=O) groups is 1. The van der Waals surface area contributed by atoms with Gasteiger partial charge in [-0.05, 0) is 19.8 Å². The summed E-state index contributed by atoms with van der Waals surface area (Å²) in [5.41, 5.74) is 0. The summed E-state index contributed by atoms with van der Waals surface area (Å²) in [6.45, 7) is 2.25. The number of hydrogen-bond acceptors (Lipinski definition) is 4. The molecule has 0 aromatic rings. The molecule has 0 unspecified atom stereocenters. The molecule has 0 bridgehead atoms. The first-order valence-electron chi connectivity index (χ1n) is 4.20. The van der Waals surface area contributed by atoms with Crippen LogP contribution in [-0.2, 0) is 9.53 Å². The Hall–Kier alpha value is -0.220. The molecule has 1 aliphatic rings. The van der Waals surface area contributed by atoms with Crippen molar-refractivity contribution in [2.24, 2.45) is 0 Å². The van der Waals surface area contributed by atoms with Gasteiger partial charge in [-0.25, -0.2) is 0 Å². The molecule has 0 aromatic carbocycles. The van der Waals surface area contributed by atoms with Crippen molar-refractivity contribution in [1.82, 2.24) is 0 Å². The van der Waals surface area contributed by atoms with E-state index in [2.05, 4.69) is 0 Å². The standard InChI is InChI=1S/C8H14O3S/c1-2-11-8(10)7-4-3-6(9)5-12-7/h6-7,9H,2-5H2,1H3/t6-,7+/m1/s1. The van der Waals surface area contributed by atoms with Crippen molar-refractivity contribution >= 4 is 17.7 Å². The summed E-state index contributed by atoms with van der Waals surface area (Å²) < 4.78 is 4.88. The van der Waals surface area contributed by atoms with Crippen molar-refractivity contribution in [2.45, 2.75) is 31.1 Å². The van der Waals surface area contributed by atoms with Gasteiger partial charge in [-0.15, -0.1) is 11.8 Å². The van der Waals surface area contributed by atoms with Gasteiger partial charge in [0, 0.05) is 5.75 Å². The zero-order valence-corrected chi connectivity index (χ0v) is 7.97. The van der Waals surface area contributed by atoms with Gasteiger partial charge in [-0.1, -0.05) is 0 Å². The van der Waals surface area contributed by atoms with Gasteiger partial charge >= 0.3 is 5.97 Å². The monoisotopic (exact) mass is 190 g/mol. The molecule has 0 aromatic heterocycles. The Labute approximate surface area is 76.5 Å². The molecule has 4 heteroatoms. The SMILES string of the molecule is CCOC(=O)[C@@H]1CC[C@@H](O)CS1. The summed E-state index contributed by atoms with van der Waals surface area (Å²) in [6, 6.07) is 0. The number of aliphatic hydroxyl groups is 1. The fourth-order valence-corrected chi connectivity index (χ4v) is 2.29. The Morgan fingerprint density at radius 2 is 2.42 bits per heavy atom. The molecule has 1 N–H and O–H groups in total. The summed E-state index contributed by atoms with van der Waals surface area (Å²) in [5.74, 6) is 0.526. The molecule has 0 radical (unpaired) electrons. The lowest BCUT2D eigenvalue weighted by atomic mass is 10.1. The van der Waals surface area contributed by atoms with E-state index in [1.54, 1.807) is 6.92 Å². The van der Waals surface area contributed by atoms with E-state index >= 15 is 0 Å². The highest BCUT2D eigenvalue weighted by Gasteiger charge is 2.26. The minimum Gasteiger partial charge on any atom is -0.465 e. The number of carbonyl (C=O) groups excluding carboxylic acids is 1. The van der Waals surface area contributed by atoms with Crippen LogP contribution in [-0.4, -0.2) is 34.8 Å². The molecule has 1 rings (SSSR count). The van der Waals surface area contributed by atoms with Crippen LogP contribution in [0.3, 0.4) is 0 Å². The summed E-state index contributed by atoms with van der Waals surface area (Å²) in [7, 11) is 0. The smallest absolute Gasteiger partial charge is 0.319 e. The predicted octanol–water partition coefficient (Wildman–Crippen LogP) is 0.806. The maximum absolute atomic E-state index is 11.2. The number of thioether (sulfide) groups is 1. The van der Waals surface area contributed by atoms with Crippen molar-refractivity contribution in [3.8, 4) is 0 Å². The van der Waals surface area contributed by atoms with Gasteiger partial charge < -0.3 is 9.84 Å². The lowest BCUT2D eigenvalue weighted by Crippen LogP contribution is -2.28. The Bertz CT molecular complexity index is 152. The van der Waals surface area contributed by atoms with Gasteiger partial charge in [0.25, 0.3) is 0 Å². The van der Waals surface area contributed by atoms with E-state index in [1.807, 2.05) is 0 Å². The van der Waals surface area contributed by atoms with Crippen LogP contribution in [0.1, 0.15) is 19.8 Å². The van der Waals surface area contributed by atoms with Crippen LogP contribution < -0.4 is 0 Å². The van der Waals surface area contributed by atoms with Crippen molar-refractivity contribution in [2.75, 3.05) is 12.4 Å². The number of ether oxygens (including phenoxy) is 1. The highest BCUT2D eigenvalue weighted by molar-refractivity contribution is 8.00. The van der Waals surface area contributed by atoms with Gasteiger partial charge in [0.15, 0.2) is 0 Å². The molecule has 0 saturated carbocycles. The molecule has 0 spiro atoms. The Kier molecular flexibility index (Phi) is 3.88. The summed E-state index contributed by atoms with van der Waals surface area (Å²) in [5, 5.41) is 9.12. The first-order valence-corrected chi connectivity index (χ1v) is 5.25. The molecule has 1 aliphatic heterocycles. The second kappa shape index (κ2) is 4.72. The second-order valence-corrected chi connectivity index (χ2v) is 4.04. The molecule has 1 saturated heterocycles. The third-order valence-electron chi connectivity index (χ3n) is 1.80. The zero-order valence-electron chi connectivity index (χ0n) is 7.16. The minimum absolute atomic E-state index is 0.0478. The minimum atomic E-state index is -0.235. The van der Waals surface area contributed by atoms with E-state index in [0.717, 1.165) is 12.8 Å².